The third-order valence-corrected chi connectivity index (χ3v) is 5.49. The van der Waals surface area contributed by atoms with Gasteiger partial charge >= 0.3 is 5.97 Å². The van der Waals surface area contributed by atoms with Crippen LogP contribution in [0.15, 0.2) is 38.9 Å². The second-order valence-corrected chi connectivity index (χ2v) is 7.54. The van der Waals surface area contributed by atoms with Gasteiger partial charge in [0.1, 0.15) is 17.2 Å². The van der Waals surface area contributed by atoms with Gasteiger partial charge in [0.05, 0.1) is 16.6 Å². The summed E-state index contributed by atoms with van der Waals surface area (Å²) in [6.07, 6.45) is 1.24. The summed E-state index contributed by atoms with van der Waals surface area (Å²) < 4.78 is 1.98. The fourth-order valence-electron chi connectivity index (χ4n) is 2.70. The lowest BCUT2D eigenvalue weighted by Crippen LogP contribution is -2.31. The van der Waals surface area contributed by atoms with Crippen molar-refractivity contribution < 1.29 is 14.7 Å². The van der Waals surface area contributed by atoms with E-state index in [1.165, 1.54) is 9.95 Å². The summed E-state index contributed by atoms with van der Waals surface area (Å²) in [7, 11) is 0. The van der Waals surface area contributed by atoms with E-state index in [4.69, 9.17) is 0 Å². The van der Waals surface area contributed by atoms with Crippen LogP contribution in [0.1, 0.15) is 29.5 Å². The van der Waals surface area contributed by atoms with E-state index in [1.54, 1.807) is 18.2 Å². The normalized spacial score (nSPS) is 10.9. The Kier molecular flexibility index (Phi) is 5.71. The minimum absolute atomic E-state index is 0.0426. The summed E-state index contributed by atoms with van der Waals surface area (Å²) in [5.41, 5.74) is -0.0109. The zero-order valence-electron chi connectivity index (χ0n) is 14.4. The highest BCUT2D eigenvalue weighted by Gasteiger charge is 2.20. The number of carboxylic acids is 1. The number of nitrogens with zero attached hydrogens (tertiary/aromatic N) is 2. The minimum Gasteiger partial charge on any atom is -0.478 e. The number of hydrogen-bond acceptors (Lipinski definition) is 5. The number of benzene rings is 1. The average molecular weight is 450 g/mol. The molecule has 0 unspecified atom stereocenters. The highest BCUT2D eigenvalue weighted by Crippen LogP contribution is 2.23. The topological polar surface area (TPSA) is 101 Å². The fraction of sp³-hybridized carbons (Fsp3) is 0.222. The Labute approximate surface area is 166 Å². The van der Waals surface area contributed by atoms with Crippen LogP contribution in [0.3, 0.4) is 0 Å². The second kappa shape index (κ2) is 8.01. The Morgan fingerprint density at radius 2 is 2.07 bits per heavy atom. The maximum atomic E-state index is 12.9. The fourth-order valence-corrected chi connectivity index (χ4v) is 4.00. The molecule has 0 saturated carbocycles. The highest BCUT2D eigenvalue weighted by atomic mass is 79.9. The van der Waals surface area contributed by atoms with Gasteiger partial charge in [0.2, 0.25) is 5.91 Å². The predicted octanol–water partition coefficient (Wildman–Crippen LogP) is 3.51. The van der Waals surface area contributed by atoms with E-state index in [1.807, 2.05) is 13.0 Å². The van der Waals surface area contributed by atoms with Crippen molar-refractivity contribution in [1.82, 2.24) is 9.55 Å². The zero-order chi connectivity index (χ0) is 19.6. The molecule has 7 nitrogen and oxygen atoms in total. The molecule has 1 aromatic carbocycles. The Hall–Kier alpha value is -2.52. The van der Waals surface area contributed by atoms with Crippen molar-refractivity contribution in [2.45, 2.75) is 26.3 Å². The van der Waals surface area contributed by atoms with Gasteiger partial charge in [-0.25, -0.2) is 9.78 Å². The number of anilines is 1. The molecule has 0 saturated heterocycles. The number of hydrogen-bond donors (Lipinski definition) is 2. The molecular weight excluding hydrogens is 434 g/mol. The summed E-state index contributed by atoms with van der Waals surface area (Å²) in [6.45, 7) is 1.70. The van der Waals surface area contributed by atoms with Gasteiger partial charge in [0.25, 0.3) is 5.56 Å². The molecule has 0 atom stereocenters. The van der Waals surface area contributed by atoms with E-state index in [0.29, 0.717) is 22.8 Å². The zero-order valence-corrected chi connectivity index (χ0v) is 16.8. The molecule has 140 valence electrons. The molecule has 2 aromatic heterocycles. The maximum Gasteiger partial charge on any atom is 0.337 e. The molecular formula is C18H16BrN3O4S. The van der Waals surface area contributed by atoms with Gasteiger partial charge in [-0.2, -0.15) is 0 Å². The van der Waals surface area contributed by atoms with Gasteiger partial charge in [-0.3, -0.25) is 14.2 Å². The Bertz CT molecular complexity index is 1090. The van der Waals surface area contributed by atoms with Gasteiger partial charge in [0, 0.05) is 16.3 Å². The first-order chi connectivity index (χ1) is 12.9. The van der Waals surface area contributed by atoms with Crippen molar-refractivity contribution in [2.24, 2.45) is 0 Å². The summed E-state index contributed by atoms with van der Waals surface area (Å²) >= 11 is 4.47. The molecule has 0 spiro atoms. The number of nitrogens with one attached hydrogen (secondary N) is 1. The summed E-state index contributed by atoms with van der Waals surface area (Å²) in [4.78, 5) is 41.7. The third kappa shape index (κ3) is 3.93. The molecule has 3 rings (SSSR count). The van der Waals surface area contributed by atoms with Crippen LogP contribution in [-0.2, 0) is 17.8 Å². The largest absolute Gasteiger partial charge is 0.478 e. The van der Waals surface area contributed by atoms with Crippen LogP contribution in [-0.4, -0.2) is 26.5 Å². The predicted molar refractivity (Wildman–Crippen MR) is 108 cm³/mol. The Morgan fingerprint density at radius 3 is 2.74 bits per heavy atom. The Balaban J connectivity index is 2.02. The second-order valence-electron chi connectivity index (χ2n) is 5.83. The van der Waals surface area contributed by atoms with Crippen LogP contribution in [0.4, 0.5) is 5.69 Å². The van der Waals surface area contributed by atoms with Crippen molar-refractivity contribution in [3.05, 3.63) is 55.9 Å². The van der Waals surface area contributed by atoms with Crippen LogP contribution in [0.5, 0.6) is 0 Å². The van der Waals surface area contributed by atoms with Crippen LogP contribution in [0.25, 0.3) is 10.2 Å². The molecule has 3 aromatic rings. The van der Waals surface area contributed by atoms with Crippen molar-refractivity contribution >= 4 is 55.0 Å². The smallest absolute Gasteiger partial charge is 0.337 e. The lowest BCUT2D eigenvalue weighted by molar-refractivity contribution is -0.116. The standard InChI is InChI=1S/C18H16BrN3O4S/c1-2-5-13-21-16-15(10(9-27-16)18(25)26)17(24)22(13)8-14(23)20-12-7-4-3-6-11(12)19/h3-4,6-7,9H,2,5,8H2,1H3,(H,20,23)(H,25,26). The van der Waals surface area contributed by atoms with Gasteiger partial charge in [-0.1, -0.05) is 19.1 Å². The van der Waals surface area contributed by atoms with Crippen molar-refractivity contribution in [3.63, 3.8) is 0 Å². The van der Waals surface area contributed by atoms with Gasteiger partial charge < -0.3 is 10.4 Å². The minimum atomic E-state index is -1.19. The number of aromatic carboxylic acids is 1. The first-order valence-electron chi connectivity index (χ1n) is 8.21. The third-order valence-electron chi connectivity index (χ3n) is 3.93. The number of aromatic nitrogens is 2. The number of thiophene rings is 1. The number of fused-ring (bicyclic) bond motifs is 1. The quantitative estimate of drug-likeness (QED) is 0.599. The van der Waals surface area contributed by atoms with Crippen molar-refractivity contribution in [2.75, 3.05) is 5.32 Å². The lowest BCUT2D eigenvalue weighted by atomic mass is 10.2. The molecule has 2 N–H and O–H groups in total. The van der Waals surface area contributed by atoms with E-state index in [0.717, 1.165) is 22.2 Å². The molecule has 0 fully saturated rings. The van der Waals surface area contributed by atoms with Crippen LogP contribution in [0, 0.1) is 0 Å². The Morgan fingerprint density at radius 1 is 1.33 bits per heavy atom. The summed E-state index contributed by atoms with van der Waals surface area (Å²) in [6, 6.07) is 7.14. The van der Waals surface area contributed by atoms with Crippen LogP contribution < -0.4 is 10.9 Å². The number of carboxylic acid groups (broad SMARTS) is 1. The van der Waals surface area contributed by atoms with E-state index in [-0.39, 0.29) is 17.5 Å². The van der Waals surface area contributed by atoms with E-state index in [9.17, 15) is 19.5 Å². The molecule has 0 bridgehead atoms. The molecule has 1 amide bonds. The van der Waals surface area contributed by atoms with Crippen molar-refractivity contribution in [3.8, 4) is 0 Å². The number of para-hydroxylation sites is 1. The number of carbonyl (C=O) groups is 2. The van der Waals surface area contributed by atoms with E-state index < -0.39 is 17.4 Å². The average Bonchev–Trinajstić information content (AvgIpc) is 3.05. The maximum absolute atomic E-state index is 12.9. The van der Waals surface area contributed by atoms with Crippen molar-refractivity contribution in [1.29, 1.82) is 0 Å². The first kappa shape index (κ1) is 19.2. The van der Waals surface area contributed by atoms with Gasteiger partial charge in [-0.05, 0) is 34.5 Å². The molecule has 0 aliphatic heterocycles. The SMILES string of the molecule is CCCc1nc2scc(C(=O)O)c2c(=O)n1CC(=O)Nc1ccccc1Br. The summed E-state index contributed by atoms with van der Waals surface area (Å²) in [5, 5.41) is 13.5. The molecule has 0 aliphatic carbocycles. The van der Waals surface area contributed by atoms with Crippen LogP contribution in [0.2, 0.25) is 0 Å². The molecule has 9 heteroatoms. The molecule has 0 aliphatic rings. The summed E-state index contributed by atoms with van der Waals surface area (Å²) in [5.74, 6) is -1.11. The number of rotatable bonds is 6. The monoisotopic (exact) mass is 449 g/mol. The van der Waals surface area contributed by atoms with Crippen LogP contribution >= 0.6 is 27.3 Å². The molecule has 0 radical (unpaired) electrons. The first-order valence-corrected chi connectivity index (χ1v) is 9.88. The highest BCUT2D eigenvalue weighted by molar-refractivity contribution is 9.10. The lowest BCUT2D eigenvalue weighted by Gasteiger charge is -2.13. The van der Waals surface area contributed by atoms with E-state index in [2.05, 4.69) is 26.2 Å². The number of halogens is 1. The van der Waals surface area contributed by atoms with Gasteiger partial charge in [0.15, 0.2) is 0 Å². The molecule has 2 heterocycles. The number of aryl methyl sites for hydroxylation is 1. The number of amides is 1. The van der Waals surface area contributed by atoms with Gasteiger partial charge in [-0.15, -0.1) is 11.3 Å². The molecule has 27 heavy (non-hydrogen) atoms. The number of carbonyl (C=O) groups excluding carboxylic acids is 1. The van der Waals surface area contributed by atoms with E-state index >= 15 is 0 Å².